The van der Waals surface area contributed by atoms with E-state index in [2.05, 4.69) is 12.2 Å². The number of carbonyl (C=O) groups excluding carboxylic acids is 1. The molecule has 0 saturated carbocycles. The minimum Gasteiger partial charge on any atom is -0.491 e. The molecule has 1 aromatic carbocycles. The number of hydrogen-bond donors (Lipinski definition) is 1. The molecule has 1 aromatic rings. The predicted molar refractivity (Wildman–Crippen MR) is 79.9 cm³/mol. The highest BCUT2D eigenvalue weighted by Crippen LogP contribution is 2.18. The van der Waals surface area contributed by atoms with Crippen molar-refractivity contribution in [1.29, 1.82) is 0 Å². The largest absolute Gasteiger partial charge is 0.491 e. The van der Waals surface area contributed by atoms with Gasteiger partial charge in [-0.2, -0.15) is 0 Å². The fourth-order valence-electron chi connectivity index (χ4n) is 2.60. The first-order valence-corrected chi connectivity index (χ1v) is 7.26. The van der Waals surface area contributed by atoms with Gasteiger partial charge in [0.1, 0.15) is 12.4 Å². The summed E-state index contributed by atoms with van der Waals surface area (Å²) in [5.41, 5.74) is 1.12. The molecule has 2 atom stereocenters. The van der Waals surface area contributed by atoms with E-state index in [0.717, 1.165) is 24.3 Å². The van der Waals surface area contributed by atoms with Gasteiger partial charge in [0, 0.05) is 13.1 Å². The van der Waals surface area contributed by atoms with Gasteiger partial charge in [-0.3, -0.25) is 4.79 Å². The lowest BCUT2D eigenvalue weighted by Crippen LogP contribution is -2.39. The number of para-hydroxylation sites is 1. The maximum absolute atomic E-state index is 12.3. The van der Waals surface area contributed by atoms with Gasteiger partial charge in [-0.25, -0.2) is 0 Å². The molecule has 20 heavy (non-hydrogen) atoms. The number of likely N-dealkylation sites (N-methyl/N-ethyl adjacent to an activating group) is 1. The Morgan fingerprint density at radius 2 is 2.20 bits per heavy atom. The first-order valence-electron chi connectivity index (χ1n) is 7.26. The van der Waals surface area contributed by atoms with Gasteiger partial charge in [0.25, 0.3) is 0 Å². The summed E-state index contributed by atoms with van der Waals surface area (Å²) in [6.07, 6.45) is 0.934. The average molecular weight is 276 g/mol. The minimum atomic E-state index is 0.110. The maximum Gasteiger partial charge on any atom is 0.227 e. The third-order valence-corrected chi connectivity index (χ3v) is 4.00. The van der Waals surface area contributed by atoms with Crippen molar-refractivity contribution in [3.63, 3.8) is 0 Å². The van der Waals surface area contributed by atoms with E-state index in [9.17, 15) is 4.79 Å². The predicted octanol–water partition coefficient (Wildman–Crippen LogP) is 1.83. The van der Waals surface area contributed by atoms with E-state index in [4.69, 9.17) is 4.74 Å². The Bertz CT molecular complexity index is 462. The highest BCUT2D eigenvalue weighted by Gasteiger charge is 2.31. The van der Waals surface area contributed by atoms with Crippen LogP contribution in [0, 0.1) is 12.8 Å². The van der Waals surface area contributed by atoms with Crippen molar-refractivity contribution in [2.75, 3.05) is 26.7 Å². The van der Waals surface area contributed by atoms with Crippen molar-refractivity contribution in [2.24, 2.45) is 5.92 Å². The van der Waals surface area contributed by atoms with Gasteiger partial charge in [-0.1, -0.05) is 18.2 Å². The quantitative estimate of drug-likeness (QED) is 0.892. The van der Waals surface area contributed by atoms with E-state index in [0.29, 0.717) is 13.2 Å². The molecular formula is C16H24N2O2. The molecule has 1 N–H and O–H groups in total. The van der Waals surface area contributed by atoms with Crippen LogP contribution in [0.25, 0.3) is 0 Å². The number of rotatable bonds is 5. The summed E-state index contributed by atoms with van der Waals surface area (Å²) in [6.45, 7) is 6.19. The first-order chi connectivity index (χ1) is 9.59. The second-order valence-electron chi connectivity index (χ2n) is 5.51. The van der Waals surface area contributed by atoms with Gasteiger partial charge in [-0.15, -0.1) is 0 Å². The van der Waals surface area contributed by atoms with Crippen LogP contribution in [0.1, 0.15) is 18.9 Å². The lowest BCUT2D eigenvalue weighted by atomic mass is 10.0. The van der Waals surface area contributed by atoms with Crippen molar-refractivity contribution >= 4 is 5.91 Å². The molecule has 0 bridgehead atoms. The number of amides is 1. The van der Waals surface area contributed by atoms with Crippen LogP contribution in [0.15, 0.2) is 24.3 Å². The standard InChI is InChI=1S/C16H24N2O2/c1-12-6-4-5-7-15(12)20-11-10-18(3)16(19)14-8-9-17-13(14)2/h4-7,13-14,17H,8-11H2,1-3H3. The fourth-order valence-corrected chi connectivity index (χ4v) is 2.60. The monoisotopic (exact) mass is 276 g/mol. The molecule has 110 valence electrons. The smallest absolute Gasteiger partial charge is 0.227 e. The summed E-state index contributed by atoms with van der Waals surface area (Å²) in [5, 5.41) is 3.32. The van der Waals surface area contributed by atoms with E-state index < -0.39 is 0 Å². The summed E-state index contributed by atoms with van der Waals surface area (Å²) >= 11 is 0. The maximum atomic E-state index is 12.3. The van der Waals surface area contributed by atoms with Crippen molar-refractivity contribution < 1.29 is 9.53 Å². The SMILES string of the molecule is Cc1ccccc1OCCN(C)C(=O)C1CCNC1C. The van der Waals surface area contributed by atoms with E-state index in [1.807, 2.05) is 38.2 Å². The molecule has 4 heteroatoms. The fraction of sp³-hybridized carbons (Fsp3) is 0.562. The van der Waals surface area contributed by atoms with Crippen molar-refractivity contribution in [3.8, 4) is 5.75 Å². The zero-order valence-electron chi connectivity index (χ0n) is 12.6. The molecular weight excluding hydrogens is 252 g/mol. The lowest BCUT2D eigenvalue weighted by molar-refractivity contribution is -0.134. The van der Waals surface area contributed by atoms with Gasteiger partial charge in [-0.05, 0) is 38.4 Å². The highest BCUT2D eigenvalue weighted by molar-refractivity contribution is 5.79. The average Bonchev–Trinajstić information content (AvgIpc) is 2.86. The molecule has 0 radical (unpaired) electrons. The molecule has 0 aromatic heterocycles. The third-order valence-electron chi connectivity index (χ3n) is 4.00. The molecule has 0 spiro atoms. The summed E-state index contributed by atoms with van der Waals surface area (Å²) < 4.78 is 5.74. The summed E-state index contributed by atoms with van der Waals surface area (Å²) in [7, 11) is 1.86. The Morgan fingerprint density at radius 3 is 2.85 bits per heavy atom. The molecule has 0 aliphatic carbocycles. The van der Waals surface area contributed by atoms with E-state index in [1.165, 1.54) is 0 Å². The number of benzene rings is 1. The van der Waals surface area contributed by atoms with Crippen LogP contribution < -0.4 is 10.1 Å². The van der Waals surface area contributed by atoms with Crippen LogP contribution in [0.2, 0.25) is 0 Å². The second kappa shape index (κ2) is 6.75. The Labute approximate surface area is 121 Å². The number of aryl methyl sites for hydroxylation is 1. The number of nitrogens with zero attached hydrogens (tertiary/aromatic N) is 1. The van der Waals surface area contributed by atoms with Gasteiger partial charge < -0.3 is 15.0 Å². The molecule has 1 amide bonds. The number of hydrogen-bond acceptors (Lipinski definition) is 3. The molecule has 1 aliphatic rings. The molecule has 2 rings (SSSR count). The van der Waals surface area contributed by atoms with Gasteiger partial charge in [0.05, 0.1) is 12.5 Å². The zero-order valence-corrected chi connectivity index (χ0v) is 12.6. The Morgan fingerprint density at radius 1 is 1.45 bits per heavy atom. The van der Waals surface area contributed by atoms with E-state index in [1.54, 1.807) is 4.90 Å². The van der Waals surface area contributed by atoms with Crippen LogP contribution >= 0.6 is 0 Å². The summed E-state index contributed by atoms with van der Waals surface area (Å²) in [6, 6.07) is 8.22. The van der Waals surface area contributed by atoms with Crippen molar-refractivity contribution in [3.05, 3.63) is 29.8 Å². The van der Waals surface area contributed by atoms with Crippen molar-refractivity contribution in [1.82, 2.24) is 10.2 Å². The molecule has 2 unspecified atom stereocenters. The van der Waals surface area contributed by atoms with Gasteiger partial charge >= 0.3 is 0 Å². The summed E-state index contributed by atoms with van der Waals surface area (Å²) in [4.78, 5) is 14.1. The summed E-state index contributed by atoms with van der Waals surface area (Å²) in [5.74, 6) is 1.22. The molecule has 1 saturated heterocycles. The first kappa shape index (κ1) is 14.9. The number of nitrogens with one attached hydrogen (secondary N) is 1. The topological polar surface area (TPSA) is 41.6 Å². The van der Waals surface area contributed by atoms with E-state index >= 15 is 0 Å². The van der Waals surface area contributed by atoms with Crippen LogP contribution in [-0.2, 0) is 4.79 Å². The van der Waals surface area contributed by atoms with Gasteiger partial charge in [0.15, 0.2) is 0 Å². The zero-order chi connectivity index (χ0) is 14.5. The minimum absolute atomic E-state index is 0.110. The Hall–Kier alpha value is -1.55. The second-order valence-corrected chi connectivity index (χ2v) is 5.51. The molecule has 4 nitrogen and oxygen atoms in total. The van der Waals surface area contributed by atoms with Crippen LogP contribution in [0.5, 0.6) is 5.75 Å². The van der Waals surface area contributed by atoms with Gasteiger partial charge in [0.2, 0.25) is 5.91 Å². The Kier molecular flexibility index (Phi) is 5.01. The third kappa shape index (κ3) is 3.51. The van der Waals surface area contributed by atoms with Crippen LogP contribution in [0.4, 0.5) is 0 Å². The molecule has 1 fully saturated rings. The van der Waals surface area contributed by atoms with E-state index in [-0.39, 0.29) is 17.9 Å². The normalized spacial score (nSPS) is 21.8. The number of carbonyl (C=O) groups is 1. The Balaban J connectivity index is 1.79. The molecule has 1 aliphatic heterocycles. The lowest BCUT2D eigenvalue weighted by Gasteiger charge is -2.23. The number of ether oxygens (including phenoxy) is 1. The van der Waals surface area contributed by atoms with Crippen molar-refractivity contribution in [2.45, 2.75) is 26.3 Å². The van der Waals surface area contributed by atoms with Crippen LogP contribution in [-0.4, -0.2) is 43.6 Å². The molecule has 1 heterocycles. The van der Waals surface area contributed by atoms with Crippen LogP contribution in [0.3, 0.4) is 0 Å². The highest BCUT2D eigenvalue weighted by atomic mass is 16.5.